The van der Waals surface area contributed by atoms with Crippen molar-refractivity contribution in [3.8, 4) is 5.75 Å². The number of aliphatic hydroxyl groups is 1. The van der Waals surface area contributed by atoms with E-state index in [4.69, 9.17) is 14.2 Å². The molecule has 4 heterocycles. The summed E-state index contributed by atoms with van der Waals surface area (Å²) < 4.78 is 17.9. The number of fused-ring (bicyclic) bond motifs is 3. The van der Waals surface area contributed by atoms with Crippen molar-refractivity contribution in [2.24, 2.45) is 5.92 Å². The maximum Gasteiger partial charge on any atom is 0.414 e. The molecule has 54 heavy (non-hydrogen) atoms. The monoisotopic (exact) mass is 745 g/mol. The lowest BCUT2D eigenvalue weighted by atomic mass is 9.82. The fourth-order valence-corrected chi connectivity index (χ4v) is 13.6. The molecular formula is C43H47N3O7Si. The van der Waals surface area contributed by atoms with Gasteiger partial charge in [0, 0.05) is 23.7 Å². The van der Waals surface area contributed by atoms with E-state index in [2.05, 4.69) is 38.2 Å². The highest BCUT2D eigenvalue weighted by molar-refractivity contribution is 6.91. The highest BCUT2D eigenvalue weighted by Crippen LogP contribution is 2.60. The van der Waals surface area contributed by atoms with E-state index in [1.165, 1.54) is 5.19 Å². The smallest absolute Gasteiger partial charge is 0.414 e. The van der Waals surface area contributed by atoms with Gasteiger partial charge in [-0.25, -0.2) is 4.79 Å². The van der Waals surface area contributed by atoms with Gasteiger partial charge in [-0.3, -0.25) is 14.5 Å². The van der Waals surface area contributed by atoms with Crippen LogP contribution in [0.1, 0.15) is 35.6 Å². The number of amides is 3. The first-order chi connectivity index (χ1) is 26.1. The van der Waals surface area contributed by atoms with Crippen LogP contribution in [0, 0.1) is 5.92 Å². The molecule has 8 rings (SSSR count). The molecule has 11 heteroatoms. The summed E-state index contributed by atoms with van der Waals surface area (Å²) in [5.41, 5.74) is 3.97. The van der Waals surface area contributed by atoms with Crippen molar-refractivity contribution in [2.75, 3.05) is 36.7 Å². The second-order valence-corrected chi connectivity index (χ2v) is 20.2. The van der Waals surface area contributed by atoms with Crippen molar-refractivity contribution in [3.63, 3.8) is 0 Å². The molecule has 0 saturated carbocycles. The first-order valence-electron chi connectivity index (χ1n) is 18.8. The third-order valence-electron chi connectivity index (χ3n) is 12.3. The van der Waals surface area contributed by atoms with Gasteiger partial charge in [-0.1, -0.05) is 91.9 Å². The quantitative estimate of drug-likeness (QED) is 0.218. The number of anilines is 2. The third-order valence-corrected chi connectivity index (χ3v) is 16.7. The number of carbonyl (C=O) groups is 3. The molecule has 1 N–H and O–H groups in total. The molecule has 5 atom stereocenters. The number of hydrogen-bond donors (Lipinski definition) is 1. The van der Waals surface area contributed by atoms with Gasteiger partial charge in [0.2, 0.25) is 5.91 Å². The van der Waals surface area contributed by atoms with Crippen LogP contribution in [-0.4, -0.2) is 75.0 Å². The van der Waals surface area contributed by atoms with E-state index in [-0.39, 0.29) is 55.0 Å². The van der Waals surface area contributed by atoms with Gasteiger partial charge in [-0.2, -0.15) is 0 Å². The zero-order chi connectivity index (χ0) is 37.8. The van der Waals surface area contributed by atoms with Crippen molar-refractivity contribution in [1.29, 1.82) is 0 Å². The normalized spacial score (nSPS) is 24.9. The van der Waals surface area contributed by atoms with Crippen LogP contribution in [0.25, 0.3) is 0 Å². The molecule has 280 valence electrons. The van der Waals surface area contributed by atoms with Gasteiger partial charge in [0.05, 0.1) is 59.1 Å². The fourth-order valence-electron chi connectivity index (χ4n) is 9.59. The molecule has 2 fully saturated rings. The van der Waals surface area contributed by atoms with E-state index in [0.29, 0.717) is 26.1 Å². The number of para-hydroxylation sites is 1. The predicted octanol–water partition coefficient (Wildman–Crippen LogP) is 5.75. The van der Waals surface area contributed by atoms with Crippen molar-refractivity contribution in [1.82, 2.24) is 4.90 Å². The molecule has 0 bridgehead atoms. The van der Waals surface area contributed by atoms with E-state index in [1.54, 1.807) is 21.8 Å². The van der Waals surface area contributed by atoms with Crippen LogP contribution in [-0.2, 0) is 44.2 Å². The lowest BCUT2D eigenvalue weighted by Gasteiger charge is -2.39. The van der Waals surface area contributed by atoms with Crippen molar-refractivity contribution < 1.29 is 33.7 Å². The molecule has 0 aliphatic carbocycles. The Hall–Kier alpha value is -4.97. The summed E-state index contributed by atoms with van der Waals surface area (Å²) in [6.45, 7) is 8.11. The topological polar surface area (TPSA) is 109 Å². The van der Waals surface area contributed by atoms with Crippen LogP contribution < -0.4 is 19.7 Å². The molecule has 4 aromatic rings. The van der Waals surface area contributed by atoms with Crippen LogP contribution in [0.4, 0.5) is 16.2 Å². The minimum Gasteiger partial charge on any atom is -0.497 e. The molecule has 2 saturated heterocycles. The average Bonchev–Trinajstić information content (AvgIpc) is 3.83. The Balaban J connectivity index is 1.17. The number of methoxy groups -OCH3 is 1. The van der Waals surface area contributed by atoms with Crippen LogP contribution in [0.15, 0.2) is 97.1 Å². The number of rotatable bonds is 9. The molecule has 1 spiro atoms. The lowest BCUT2D eigenvalue weighted by Crippen LogP contribution is -2.52. The van der Waals surface area contributed by atoms with Gasteiger partial charge in [-0.15, -0.1) is 0 Å². The summed E-state index contributed by atoms with van der Waals surface area (Å²) in [6, 6.07) is 31.4. The van der Waals surface area contributed by atoms with Crippen LogP contribution >= 0.6 is 0 Å². The van der Waals surface area contributed by atoms with Gasteiger partial charge in [0.1, 0.15) is 12.4 Å². The van der Waals surface area contributed by atoms with Gasteiger partial charge >= 0.3 is 6.09 Å². The molecule has 4 aromatic carbocycles. The third kappa shape index (κ3) is 5.89. The van der Waals surface area contributed by atoms with Crippen LogP contribution in [0.5, 0.6) is 5.75 Å². The minimum atomic E-state index is -2.50. The Morgan fingerprint density at radius 1 is 0.963 bits per heavy atom. The zero-order valence-electron chi connectivity index (χ0n) is 31.2. The van der Waals surface area contributed by atoms with Gasteiger partial charge in [0.15, 0.2) is 5.60 Å². The summed E-state index contributed by atoms with van der Waals surface area (Å²) in [5, 5.41) is 11.6. The van der Waals surface area contributed by atoms with Crippen molar-refractivity contribution in [2.45, 2.75) is 69.2 Å². The first kappa shape index (κ1) is 36.0. The summed E-state index contributed by atoms with van der Waals surface area (Å²) in [7, 11) is -0.845. The average molecular weight is 746 g/mol. The SMILES string of the molecule is COc1ccc([Si](C)(C)[C@H]2[C@H](CC(=O)N3Cc4ccccc4C[C@H]3CO)O[C@@]3(C(=O)N(Cc4cccc(N5CCOC5=O)c4)c4ccccc43)[C@@H]2C)cc1. The van der Waals surface area contributed by atoms with Gasteiger partial charge in [-0.05, 0) is 59.0 Å². The predicted molar refractivity (Wildman–Crippen MR) is 209 cm³/mol. The first-order valence-corrected chi connectivity index (χ1v) is 21.9. The summed E-state index contributed by atoms with van der Waals surface area (Å²) >= 11 is 0. The Labute approximate surface area is 317 Å². The standard InChI is InChI=1S/C43H47N3O7Si/c1-28-40(54(3,4)35-18-16-34(51-2)17-19-35)38(24-39(48)45-26-31-12-6-5-11-30(31)23-33(45)27-47)53-43(28)36-14-7-8-15-37(36)46(41(43)49)25-29-10-9-13-32(22-29)44-20-21-52-42(44)50/h5-19,22,28,33,38,40,47H,20-21,23-27H2,1-4H3/t28-,33+,38+,40-,43+/m1/s1. The van der Waals surface area contributed by atoms with E-state index < -0.39 is 19.8 Å². The number of hydrogen-bond acceptors (Lipinski definition) is 7. The highest BCUT2D eigenvalue weighted by atomic mass is 28.3. The summed E-state index contributed by atoms with van der Waals surface area (Å²) in [4.78, 5) is 47.4. The van der Waals surface area contributed by atoms with E-state index >= 15 is 4.79 Å². The second kappa shape index (κ2) is 14.0. The molecule has 4 aliphatic rings. The molecule has 0 radical (unpaired) electrons. The molecule has 10 nitrogen and oxygen atoms in total. The fraction of sp³-hybridized carbons (Fsp3) is 0.372. The summed E-state index contributed by atoms with van der Waals surface area (Å²) in [5.74, 6) is 0.250. The number of aliphatic hydroxyl groups excluding tert-OH is 1. The minimum absolute atomic E-state index is 0.0878. The van der Waals surface area contributed by atoms with Crippen molar-refractivity contribution in [3.05, 3.63) is 119 Å². The van der Waals surface area contributed by atoms with Gasteiger partial charge < -0.3 is 29.1 Å². The van der Waals surface area contributed by atoms with Crippen molar-refractivity contribution >= 4 is 42.5 Å². The molecule has 0 unspecified atom stereocenters. The maximum atomic E-state index is 15.2. The summed E-state index contributed by atoms with van der Waals surface area (Å²) in [6.07, 6.45) is -0.267. The molecule has 3 amide bonds. The van der Waals surface area contributed by atoms with E-state index in [0.717, 1.165) is 39.4 Å². The zero-order valence-corrected chi connectivity index (χ0v) is 32.2. The lowest BCUT2D eigenvalue weighted by molar-refractivity contribution is -0.151. The number of benzene rings is 4. The van der Waals surface area contributed by atoms with E-state index in [9.17, 15) is 14.7 Å². The molecule has 4 aliphatic heterocycles. The number of cyclic esters (lactones) is 1. The maximum absolute atomic E-state index is 15.2. The molecule has 0 aromatic heterocycles. The largest absolute Gasteiger partial charge is 0.497 e. The highest BCUT2D eigenvalue weighted by Gasteiger charge is 2.66. The van der Waals surface area contributed by atoms with Crippen LogP contribution in [0.2, 0.25) is 18.6 Å². The Bertz CT molecular complexity index is 2090. The Kier molecular flexibility index (Phi) is 9.36. The molecular weight excluding hydrogens is 699 g/mol. The number of ether oxygens (including phenoxy) is 3. The second-order valence-electron chi connectivity index (χ2n) is 15.5. The number of nitrogens with zero attached hydrogens (tertiary/aromatic N) is 3. The van der Waals surface area contributed by atoms with Crippen LogP contribution in [0.3, 0.4) is 0 Å². The Morgan fingerprint density at radius 3 is 2.43 bits per heavy atom. The van der Waals surface area contributed by atoms with E-state index in [1.807, 2.05) is 78.9 Å². The number of carbonyl (C=O) groups excluding carboxylic acids is 3. The Morgan fingerprint density at radius 2 is 1.70 bits per heavy atom. The van der Waals surface area contributed by atoms with Gasteiger partial charge in [0.25, 0.3) is 5.91 Å².